The first-order valence-corrected chi connectivity index (χ1v) is 8.91. The number of carbonyl (C=O) groups is 1. The van der Waals surface area contributed by atoms with Gasteiger partial charge in [0.15, 0.2) is 0 Å². The lowest BCUT2D eigenvalue weighted by molar-refractivity contribution is -0.116. The van der Waals surface area contributed by atoms with Gasteiger partial charge in [-0.2, -0.15) is 4.31 Å². The highest BCUT2D eigenvalue weighted by Gasteiger charge is 2.21. The number of amides is 1. The highest BCUT2D eigenvalue weighted by atomic mass is 32.2. The number of pyridine rings is 1. The van der Waals surface area contributed by atoms with E-state index in [0.29, 0.717) is 11.4 Å². The predicted octanol–water partition coefficient (Wildman–Crippen LogP) is 1.79. The highest BCUT2D eigenvalue weighted by Crippen LogP contribution is 2.11. The summed E-state index contributed by atoms with van der Waals surface area (Å²) in [6, 6.07) is 12.6. The number of hydrogen-bond donors (Lipinski definition) is 1. The van der Waals surface area contributed by atoms with Crippen LogP contribution >= 0.6 is 0 Å². The van der Waals surface area contributed by atoms with Crippen molar-refractivity contribution in [3.05, 3.63) is 59.9 Å². The zero-order valence-corrected chi connectivity index (χ0v) is 13.9. The summed E-state index contributed by atoms with van der Waals surface area (Å²) in [7, 11) is -3.53. The van der Waals surface area contributed by atoms with Gasteiger partial charge in [0.25, 0.3) is 0 Å². The number of rotatable bonds is 6. The van der Waals surface area contributed by atoms with E-state index in [1.807, 2.05) is 25.1 Å². The van der Waals surface area contributed by atoms with E-state index in [9.17, 15) is 13.2 Å². The average molecular weight is 333 g/mol. The molecule has 0 aliphatic rings. The van der Waals surface area contributed by atoms with Gasteiger partial charge in [-0.3, -0.25) is 9.78 Å². The number of carbonyl (C=O) groups excluding carboxylic acids is 1. The molecule has 1 aromatic carbocycles. The van der Waals surface area contributed by atoms with E-state index in [-0.39, 0.29) is 13.1 Å². The lowest BCUT2D eigenvalue weighted by Crippen LogP contribution is -2.37. The lowest BCUT2D eigenvalue weighted by Gasteiger charge is -2.19. The molecule has 0 spiro atoms. The summed E-state index contributed by atoms with van der Waals surface area (Å²) < 4.78 is 24.9. The van der Waals surface area contributed by atoms with Crippen LogP contribution in [0.2, 0.25) is 0 Å². The first-order chi connectivity index (χ1) is 10.8. The van der Waals surface area contributed by atoms with Crippen LogP contribution in [0.4, 0.5) is 5.69 Å². The number of anilines is 1. The van der Waals surface area contributed by atoms with E-state index < -0.39 is 15.9 Å². The predicted molar refractivity (Wildman–Crippen MR) is 89.3 cm³/mol. The summed E-state index contributed by atoms with van der Waals surface area (Å²) in [6.07, 6.45) is 2.67. The molecule has 6 nitrogen and oxygen atoms in total. The van der Waals surface area contributed by atoms with Gasteiger partial charge in [-0.25, -0.2) is 8.42 Å². The van der Waals surface area contributed by atoms with Gasteiger partial charge in [0.05, 0.1) is 25.0 Å². The van der Waals surface area contributed by atoms with Gasteiger partial charge in [-0.15, -0.1) is 0 Å². The minimum Gasteiger partial charge on any atom is -0.325 e. The lowest BCUT2D eigenvalue weighted by atomic mass is 10.2. The van der Waals surface area contributed by atoms with E-state index in [4.69, 9.17) is 0 Å². The molecule has 7 heteroatoms. The number of nitrogens with one attached hydrogen (secondary N) is 1. The highest BCUT2D eigenvalue weighted by molar-refractivity contribution is 7.88. The standard InChI is InChI=1S/C16H19N3O3S/c1-13-6-5-8-14(10-13)18-16(20)12-19(23(2,21)22)11-15-7-3-4-9-17-15/h3-10H,11-12H2,1-2H3,(H,18,20). The Morgan fingerprint density at radius 3 is 2.61 bits per heavy atom. The molecule has 1 aromatic heterocycles. The van der Waals surface area contributed by atoms with Crippen molar-refractivity contribution in [2.24, 2.45) is 0 Å². The van der Waals surface area contributed by atoms with Crippen molar-refractivity contribution in [2.75, 3.05) is 18.1 Å². The monoisotopic (exact) mass is 333 g/mol. The van der Waals surface area contributed by atoms with Crippen molar-refractivity contribution in [2.45, 2.75) is 13.5 Å². The van der Waals surface area contributed by atoms with Crippen LogP contribution in [0.5, 0.6) is 0 Å². The molecule has 1 amide bonds. The van der Waals surface area contributed by atoms with Crippen LogP contribution in [-0.2, 0) is 21.4 Å². The Hall–Kier alpha value is -2.25. The molecule has 2 rings (SSSR count). The van der Waals surface area contributed by atoms with Crippen molar-refractivity contribution < 1.29 is 13.2 Å². The number of sulfonamides is 1. The summed E-state index contributed by atoms with van der Waals surface area (Å²) in [4.78, 5) is 16.2. The molecule has 0 unspecified atom stereocenters. The van der Waals surface area contributed by atoms with Crippen molar-refractivity contribution in [3.63, 3.8) is 0 Å². The first-order valence-electron chi connectivity index (χ1n) is 7.06. The van der Waals surface area contributed by atoms with Gasteiger partial charge in [-0.1, -0.05) is 18.2 Å². The van der Waals surface area contributed by atoms with Gasteiger partial charge < -0.3 is 5.32 Å². The second-order valence-corrected chi connectivity index (χ2v) is 7.25. The third-order valence-electron chi connectivity index (χ3n) is 3.16. The Morgan fingerprint density at radius 1 is 1.22 bits per heavy atom. The fraction of sp³-hybridized carbons (Fsp3) is 0.250. The van der Waals surface area contributed by atoms with Crippen LogP contribution in [0.25, 0.3) is 0 Å². The molecule has 122 valence electrons. The third-order valence-corrected chi connectivity index (χ3v) is 4.35. The molecule has 1 N–H and O–H groups in total. The van der Waals surface area contributed by atoms with Gasteiger partial charge >= 0.3 is 0 Å². The molecule has 0 atom stereocenters. The SMILES string of the molecule is Cc1cccc(NC(=O)CN(Cc2ccccn2)S(C)(=O)=O)c1. The van der Waals surface area contributed by atoms with Crippen LogP contribution in [-0.4, -0.2) is 36.4 Å². The van der Waals surface area contributed by atoms with Gasteiger partial charge in [0.1, 0.15) is 0 Å². The molecule has 23 heavy (non-hydrogen) atoms. The van der Waals surface area contributed by atoms with Crippen LogP contribution in [0.15, 0.2) is 48.7 Å². The second-order valence-electron chi connectivity index (χ2n) is 5.27. The molecule has 0 radical (unpaired) electrons. The second kappa shape index (κ2) is 7.34. The molecule has 1 heterocycles. The minimum atomic E-state index is -3.53. The minimum absolute atomic E-state index is 0.0565. The fourth-order valence-corrected chi connectivity index (χ4v) is 2.76. The number of benzene rings is 1. The molecule has 0 bridgehead atoms. The van der Waals surface area contributed by atoms with Crippen LogP contribution in [0, 0.1) is 6.92 Å². The topological polar surface area (TPSA) is 79.4 Å². The summed E-state index contributed by atoms with van der Waals surface area (Å²) in [5, 5.41) is 2.71. The van der Waals surface area contributed by atoms with E-state index in [1.165, 1.54) is 0 Å². The largest absolute Gasteiger partial charge is 0.325 e. The van der Waals surface area contributed by atoms with Crippen molar-refractivity contribution in [3.8, 4) is 0 Å². The Labute approximate surface area is 136 Å². The van der Waals surface area contributed by atoms with Crippen molar-refractivity contribution >= 4 is 21.6 Å². The van der Waals surface area contributed by atoms with Gasteiger partial charge in [0, 0.05) is 11.9 Å². The Balaban J connectivity index is 2.07. The first kappa shape index (κ1) is 17.1. The molecule has 0 saturated heterocycles. The smallest absolute Gasteiger partial charge is 0.239 e. The Bertz CT molecular complexity index is 776. The average Bonchev–Trinajstić information content (AvgIpc) is 2.46. The molecule has 0 saturated carbocycles. The van der Waals surface area contributed by atoms with Crippen molar-refractivity contribution in [1.82, 2.24) is 9.29 Å². The van der Waals surface area contributed by atoms with Crippen LogP contribution in [0.3, 0.4) is 0 Å². The Kier molecular flexibility index (Phi) is 5.46. The quantitative estimate of drug-likeness (QED) is 0.874. The fourth-order valence-electron chi connectivity index (χ4n) is 2.05. The number of aromatic nitrogens is 1. The third kappa shape index (κ3) is 5.46. The normalized spacial score (nSPS) is 11.4. The number of hydrogen-bond acceptors (Lipinski definition) is 4. The van der Waals surface area contributed by atoms with Crippen LogP contribution in [0.1, 0.15) is 11.3 Å². The van der Waals surface area contributed by atoms with E-state index in [1.54, 1.807) is 30.5 Å². The molecule has 0 aliphatic carbocycles. The molecular weight excluding hydrogens is 314 g/mol. The van der Waals surface area contributed by atoms with E-state index in [0.717, 1.165) is 16.1 Å². The molecular formula is C16H19N3O3S. The summed E-state index contributed by atoms with van der Waals surface area (Å²) in [5.74, 6) is -0.392. The zero-order chi connectivity index (χ0) is 16.9. The summed E-state index contributed by atoms with van der Waals surface area (Å²) in [6.45, 7) is 1.71. The molecule has 0 aliphatic heterocycles. The Morgan fingerprint density at radius 2 is 2.00 bits per heavy atom. The van der Waals surface area contributed by atoms with Crippen LogP contribution < -0.4 is 5.32 Å². The van der Waals surface area contributed by atoms with Gasteiger partial charge in [-0.05, 0) is 36.8 Å². The summed E-state index contributed by atoms with van der Waals surface area (Å²) in [5.41, 5.74) is 2.24. The maximum Gasteiger partial charge on any atom is 0.239 e. The number of nitrogens with zero attached hydrogens (tertiary/aromatic N) is 2. The maximum atomic E-state index is 12.1. The molecule has 0 fully saturated rings. The number of aryl methyl sites for hydroxylation is 1. The zero-order valence-electron chi connectivity index (χ0n) is 13.1. The van der Waals surface area contributed by atoms with E-state index >= 15 is 0 Å². The van der Waals surface area contributed by atoms with E-state index in [2.05, 4.69) is 10.3 Å². The summed E-state index contributed by atoms with van der Waals surface area (Å²) >= 11 is 0. The van der Waals surface area contributed by atoms with Gasteiger partial charge in [0.2, 0.25) is 15.9 Å². The maximum absolute atomic E-state index is 12.1. The van der Waals surface area contributed by atoms with Crippen molar-refractivity contribution in [1.29, 1.82) is 0 Å². The molecule has 2 aromatic rings.